The third-order valence-corrected chi connectivity index (χ3v) is 4.14. The van der Waals surface area contributed by atoms with Gasteiger partial charge in [-0.25, -0.2) is 4.39 Å². The lowest BCUT2D eigenvalue weighted by Crippen LogP contribution is -2.20. The minimum atomic E-state index is -0.422. The summed E-state index contributed by atoms with van der Waals surface area (Å²) >= 11 is 0. The van der Waals surface area contributed by atoms with Gasteiger partial charge in [-0.2, -0.15) is 4.98 Å². The summed E-state index contributed by atoms with van der Waals surface area (Å²) in [6.45, 7) is 0. The second kappa shape index (κ2) is 6.35. The molecule has 1 aromatic heterocycles. The van der Waals surface area contributed by atoms with Crippen molar-refractivity contribution in [3.05, 3.63) is 47.4 Å². The molecule has 0 saturated heterocycles. The minimum Gasteiger partial charge on any atom is -0.392 e. The first-order chi connectivity index (χ1) is 10.2. The van der Waals surface area contributed by atoms with Crippen LogP contribution < -0.4 is 0 Å². The van der Waals surface area contributed by atoms with Gasteiger partial charge in [-0.15, -0.1) is 0 Å². The first-order valence-electron chi connectivity index (χ1n) is 7.45. The number of aliphatic hydroxyl groups is 1. The highest BCUT2D eigenvalue weighted by Crippen LogP contribution is 2.29. The number of rotatable bonds is 5. The zero-order valence-electron chi connectivity index (χ0n) is 11.8. The van der Waals surface area contributed by atoms with Crippen molar-refractivity contribution >= 4 is 0 Å². The number of aliphatic hydroxyl groups excluding tert-OH is 1. The largest absolute Gasteiger partial charge is 0.392 e. The summed E-state index contributed by atoms with van der Waals surface area (Å²) in [6.07, 6.45) is 4.77. The summed E-state index contributed by atoms with van der Waals surface area (Å²) in [5, 5.41) is 14.0. The van der Waals surface area contributed by atoms with Gasteiger partial charge in [0.2, 0.25) is 5.89 Å². The molecule has 2 aromatic rings. The van der Waals surface area contributed by atoms with Crippen molar-refractivity contribution in [2.45, 2.75) is 44.6 Å². The van der Waals surface area contributed by atoms with Crippen molar-refractivity contribution in [3.63, 3.8) is 0 Å². The fraction of sp³-hybridized carbons (Fsp3) is 0.500. The smallest absolute Gasteiger partial charge is 0.229 e. The quantitative estimate of drug-likeness (QED) is 0.920. The highest BCUT2D eigenvalue weighted by atomic mass is 19.1. The maximum atomic E-state index is 13.6. The molecule has 1 fully saturated rings. The van der Waals surface area contributed by atoms with Gasteiger partial charge >= 0.3 is 0 Å². The Morgan fingerprint density at radius 2 is 2.05 bits per heavy atom. The Labute approximate surface area is 123 Å². The van der Waals surface area contributed by atoms with Gasteiger partial charge in [0.25, 0.3) is 0 Å². The van der Waals surface area contributed by atoms with E-state index in [0.717, 1.165) is 12.8 Å². The van der Waals surface area contributed by atoms with Gasteiger partial charge in [0.1, 0.15) is 5.82 Å². The molecule has 1 unspecified atom stereocenters. The highest BCUT2D eigenvalue weighted by Gasteiger charge is 2.25. The van der Waals surface area contributed by atoms with E-state index in [1.165, 1.54) is 18.9 Å². The van der Waals surface area contributed by atoms with E-state index >= 15 is 0 Å². The van der Waals surface area contributed by atoms with Gasteiger partial charge in [0.15, 0.2) is 5.82 Å². The third kappa shape index (κ3) is 3.47. The standard InChI is InChI=1S/C16H19FN2O2/c17-13-8-4-3-7-12(13)9-15-18-16(21-19-15)10-14(20)11-5-1-2-6-11/h3-4,7-8,11,14,20H,1-2,5-6,9-10H2. The van der Waals surface area contributed by atoms with Crippen molar-refractivity contribution in [1.82, 2.24) is 10.1 Å². The van der Waals surface area contributed by atoms with E-state index in [0.29, 0.717) is 36.0 Å². The molecule has 1 aliphatic carbocycles. The molecule has 1 saturated carbocycles. The molecule has 1 aromatic carbocycles. The molecule has 1 aliphatic rings. The monoisotopic (exact) mass is 290 g/mol. The fourth-order valence-corrected chi connectivity index (χ4v) is 2.94. The predicted octanol–water partition coefficient (Wildman–Crippen LogP) is 2.89. The van der Waals surface area contributed by atoms with E-state index in [1.807, 2.05) is 0 Å². The number of aromatic nitrogens is 2. The van der Waals surface area contributed by atoms with Crippen molar-refractivity contribution in [2.24, 2.45) is 5.92 Å². The van der Waals surface area contributed by atoms with Crippen molar-refractivity contribution in [1.29, 1.82) is 0 Å². The summed E-state index contributed by atoms with van der Waals surface area (Å²) in [7, 11) is 0. The molecule has 4 nitrogen and oxygen atoms in total. The first-order valence-corrected chi connectivity index (χ1v) is 7.45. The highest BCUT2D eigenvalue weighted by molar-refractivity contribution is 5.20. The zero-order chi connectivity index (χ0) is 14.7. The van der Waals surface area contributed by atoms with Gasteiger partial charge in [0.05, 0.1) is 12.5 Å². The Balaban J connectivity index is 1.62. The van der Waals surface area contributed by atoms with Crippen LogP contribution in [0.1, 0.15) is 43.0 Å². The van der Waals surface area contributed by atoms with Crippen LogP contribution in [-0.4, -0.2) is 21.4 Å². The average Bonchev–Trinajstić information content (AvgIpc) is 3.13. The molecule has 1 atom stereocenters. The average molecular weight is 290 g/mol. The van der Waals surface area contributed by atoms with Crippen LogP contribution >= 0.6 is 0 Å². The van der Waals surface area contributed by atoms with Crippen LogP contribution in [-0.2, 0) is 12.8 Å². The van der Waals surface area contributed by atoms with Gasteiger partial charge in [0, 0.05) is 6.42 Å². The molecule has 21 heavy (non-hydrogen) atoms. The van der Waals surface area contributed by atoms with Crippen molar-refractivity contribution in [3.8, 4) is 0 Å². The molecule has 1 N–H and O–H groups in total. The maximum absolute atomic E-state index is 13.6. The Hall–Kier alpha value is -1.75. The van der Waals surface area contributed by atoms with Gasteiger partial charge in [-0.05, 0) is 30.4 Å². The molecule has 3 rings (SSSR count). The fourth-order valence-electron chi connectivity index (χ4n) is 2.94. The summed E-state index contributed by atoms with van der Waals surface area (Å²) in [5.74, 6) is 0.955. The lowest BCUT2D eigenvalue weighted by atomic mass is 9.98. The van der Waals surface area contributed by atoms with E-state index < -0.39 is 6.10 Å². The normalized spacial score (nSPS) is 17.2. The Morgan fingerprint density at radius 3 is 2.81 bits per heavy atom. The molecule has 112 valence electrons. The van der Waals surface area contributed by atoms with Crippen LogP contribution in [0.4, 0.5) is 4.39 Å². The number of hydrogen-bond donors (Lipinski definition) is 1. The summed E-state index contributed by atoms with van der Waals surface area (Å²) in [6, 6.07) is 6.56. The number of hydrogen-bond acceptors (Lipinski definition) is 4. The molecule has 0 aliphatic heterocycles. The SMILES string of the molecule is OC(Cc1nc(Cc2ccccc2F)no1)C1CCCC1. The number of nitrogens with zero attached hydrogens (tertiary/aromatic N) is 2. The number of benzene rings is 1. The predicted molar refractivity (Wildman–Crippen MR) is 75.2 cm³/mol. The summed E-state index contributed by atoms with van der Waals surface area (Å²) in [4.78, 5) is 4.25. The summed E-state index contributed by atoms with van der Waals surface area (Å²) < 4.78 is 18.7. The molecular weight excluding hydrogens is 271 g/mol. The van der Waals surface area contributed by atoms with Crippen LogP contribution in [0.5, 0.6) is 0 Å². The van der Waals surface area contributed by atoms with Crippen LogP contribution in [0, 0.1) is 11.7 Å². The van der Waals surface area contributed by atoms with Crippen LogP contribution in [0.2, 0.25) is 0 Å². The van der Waals surface area contributed by atoms with Crippen LogP contribution in [0.25, 0.3) is 0 Å². The Kier molecular flexibility index (Phi) is 4.29. The topological polar surface area (TPSA) is 59.2 Å². The van der Waals surface area contributed by atoms with E-state index in [-0.39, 0.29) is 5.82 Å². The van der Waals surface area contributed by atoms with Crippen LogP contribution in [0.15, 0.2) is 28.8 Å². The van der Waals surface area contributed by atoms with Gasteiger partial charge < -0.3 is 9.63 Å². The van der Waals surface area contributed by atoms with Crippen molar-refractivity contribution in [2.75, 3.05) is 0 Å². The molecule has 1 heterocycles. The second-order valence-electron chi connectivity index (χ2n) is 5.69. The van der Waals surface area contributed by atoms with E-state index in [2.05, 4.69) is 10.1 Å². The van der Waals surface area contributed by atoms with Gasteiger partial charge in [-0.1, -0.05) is 36.2 Å². The summed E-state index contributed by atoms with van der Waals surface area (Å²) in [5.41, 5.74) is 0.543. The van der Waals surface area contributed by atoms with E-state index in [4.69, 9.17) is 4.52 Å². The molecule has 0 spiro atoms. The van der Waals surface area contributed by atoms with Crippen molar-refractivity contribution < 1.29 is 14.0 Å². The maximum Gasteiger partial charge on any atom is 0.229 e. The lowest BCUT2D eigenvalue weighted by molar-refractivity contribution is 0.102. The zero-order valence-corrected chi connectivity index (χ0v) is 11.8. The molecule has 0 radical (unpaired) electrons. The molecule has 5 heteroatoms. The Bertz CT molecular complexity index is 593. The van der Waals surface area contributed by atoms with E-state index in [9.17, 15) is 9.50 Å². The first kappa shape index (κ1) is 14.2. The lowest BCUT2D eigenvalue weighted by Gasteiger charge is -2.14. The Morgan fingerprint density at radius 1 is 1.29 bits per heavy atom. The minimum absolute atomic E-state index is 0.269. The number of halogens is 1. The van der Waals surface area contributed by atoms with Gasteiger partial charge in [-0.3, -0.25) is 0 Å². The van der Waals surface area contributed by atoms with Crippen LogP contribution in [0.3, 0.4) is 0 Å². The van der Waals surface area contributed by atoms with E-state index in [1.54, 1.807) is 18.2 Å². The third-order valence-electron chi connectivity index (χ3n) is 4.14. The molecule has 0 bridgehead atoms. The second-order valence-corrected chi connectivity index (χ2v) is 5.69. The molecule has 0 amide bonds. The molecular formula is C16H19FN2O2.